The van der Waals surface area contributed by atoms with E-state index in [2.05, 4.69) is 57.3 Å². The Morgan fingerprint density at radius 3 is 2.78 bits per heavy atom. The first kappa shape index (κ1) is 13.5. The minimum Gasteiger partial charge on any atom is -0.385 e. The molecule has 1 heteroatoms. The van der Waals surface area contributed by atoms with Gasteiger partial charge in [-0.2, -0.15) is 0 Å². The molecule has 18 heavy (non-hydrogen) atoms. The van der Waals surface area contributed by atoms with Gasteiger partial charge in [0.25, 0.3) is 0 Å². The van der Waals surface area contributed by atoms with Crippen LogP contribution in [-0.4, -0.2) is 6.54 Å². The molecule has 0 amide bonds. The van der Waals surface area contributed by atoms with Crippen LogP contribution < -0.4 is 5.32 Å². The summed E-state index contributed by atoms with van der Waals surface area (Å²) in [5.74, 6) is 1.62. The Labute approximate surface area is 112 Å². The van der Waals surface area contributed by atoms with E-state index < -0.39 is 0 Å². The second-order valence-corrected chi connectivity index (χ2v) is 6.71. The Hall–Kier alpha value is -0.980. The van der Waals surface area contributed by atoms with Crippen LogP contribution in [0, 0.1) is 24.2 Å². The van der Waals surface area contributed by atoms with Crippen LogP contribution in [0.15, 0.2) is 24.3 Å². The highest BCUT2D eigenvalue weighted by molar-refractivity contribution is 5.45. The minimum absolute atomic E-state index is 0.481. The number of aryl methyl sites for hydroxylation is 1. The van der Waals surface area contributed by atoms with Gasteiger partial charge in [-0.25, -0.2) is 0 Å². The molecule has 1 fully saturated rings. The Balaban J connectivity index is 2.00. The predicted molar refractivity (Wildman–Crippen MR) is 80.0 cm³/mol. The van der Waals surface area contributed by atoms with Crippen molar-refractivity contribution >= 4 is 5.69 Å². The second-order valence-electron chi connectivity index (χ2n) is 6.71. The van der Waals surface area contributed by atoms with Gasteiger partial charge in [0.1, 0.15) is 0 Å². The third-order valence-corrected chi connectivity index (χ3v) is 4.72. The van der Waals surface area contributed by atoms with Gasteiger partial charge in [-0.3, -0.25) is 0 Å². The normalized spacial score (nSPS) is 26.9. The Morgan fingerprint density at radius 1 is 1.33 bits per heavy atom. The molecule has 0 aliphatic heterocycles. The van der Waals surface area contributed by atoms with E-state index in [4.69, 9.17) is 0 Å². The van der Waals surface area contributed by atoms with Crippen molar-refractivity contribution in [2.75, 3.05) is 11.9 Å². The van der Waals surface area contributed by atoms with Gasteiger partial charge in [0.15, 0.2) is 0 Å². The van der Waals surface area contributed by atoms with E-state index >= 15 is 0 Å². The van der Waals surface area contributed by atoms with Gasteiger partial charge < -0.3 is 5.32 Å². The van der Waals surface area contributed by atoms with Gasteiger partial charge >= 0.3 is 0 Å². The molecule has 1 aliphatic rings. The molecule has 1 aromatic rings. The molecule has 2 rings (SSSR count). The van der Waals surface area contributed by atoms with Crippen LogP contribution >= 0.6 is 0 Å². The zero-order valence-electron chi connectivity index (χ0n) is 12.3. The Morgan fingerprint density at radius 2 is 2.11 bits per heavy atom. The van der Waals surface area contributed by atoms with Crippen molar-refractivity contribution in [2.45, 2.75) is 47.0 Å². The molecule has 1 N–H and O–H groups in total. The van der Waals surface area contributed by atoms with Crippen LogP contribution in [0.25, 0.3) is 0 Å². The van der Waals surface area contributed by atoms with Gasteiger partial charge in [-0.1, -0.05) is 45.7 Å². The topological polar surface area (TPSA) is 12.0 Å². The molecule has 0 saturated heterocycles. The number of nitrogens with one attached hydrogen (secondary N) is 1. The zero-order valence-corrected chi connectivity index (χ0v) is 12.3. The van der Waals surface area contributed by atoms with Crippen LogP contribution in [0.1, 0.15) is 45.6 Å². The quantitative estimate of drug-likeness (QED) is 0.801. The maximum absolute atomic E-state index is 3.64. The number of hydrogen-bond acceptors (Lipinski definition) is 1. The van der Waals surface area contributed by atoms with Gasteiger partial charge in [0, 0.05) is 12.2 Å². The highest BCUT2D eigenvalue weighted by atomic mass is 14.9. The van der Waals surface area contributed by atoms with Crippen molar-refractivity contribution < 1.29 is 0 Å². The van der Waals surface area contributed by atoms with Gasteiger partial charge in [-0.15, -0.1) is 0 Å². The molecule has 1 nitrogen and oxygen atoms in total. The van der Waals surface area contributed by atoms with Crippen LogP contribution in [0.4, 0.5) is 5.69 Å². The summed E-state index contributed by atoms with van der Waals surface area (Å²) in [6.07, 6.45) is 4.16. The summed E-state index contributed by atoms with van der Waals surface area (Å²) in [7, 11) is 0. The van der Waals surface area contributed by atoms with Crippen molar-refractivity contribution in [1.82, 2.24) is 0 Å². The van der Waals surface area contributed by atoms with Crippen LogP contribution in [0.3, 0.4) is 0 Å². The third kappa shape index (κ3) is 3.07. The molecule has 0 bridgehead atoms. The monoisotopic (exact) mass is 245 g/mol. The molecule has 0 radical (unpaired) electrons. The van der Waals surface area contributed by atoms with Crippen molar-refractivity contribution in [3.8, 4) is 0 Å². The standard InChI is InChI=1S/C17H27N/c1-13-7-5-9-15(11-13)18-12-16-14(2)8-6-10-17(16,3)4/h5,7,9,11,14,16,18H,6,8,10,12H2,1-4H3. The first-order valence-corrected chi connectivity index (χ1v) is 7.29. The van der Waals surface area contributed by atoms with Crippen molar-refractivity contribution in [3.63, 3.8) is 0 Å². The molecule has 0 heterocycles. The van der Waals surface area contributed by atoms with E-state index in [1.807, 2.05) is 0 Å². The molecule has 1 aliphatic carbocycles. The number of rotatable bonds is 3. The number of hydrogen-bond donors (Lipinski definition) is 1. The lowest BCUT2D eigenvalue weighted by molar-refractivity contribution is 0.0944. The first-order valence-electron chi connectivity index (χ1n) is 7.29. The summed E-state index contributed by atoms with van der Waals surface area (Å²) >= 11 is 0. The summed E-state index contributed by atoms with van der Waals surface area (Å²) in [6.45, 7) is 10.6. The van der Waals surface area contributed by atoms with E-state index in [1.54, 1.807) is 0 Å². The van der Waals surface area contributed by atoms with Crippen LogP contribution in [0.5, 0.6) is 0 Å². The van der Waals surface area contributed by atoms with E-state index in [9.17, 15) is 0 Å². The molecule has 1 saturated carbocycles. The van der Waals surface area contributed by atoms with Gasteiger partial charge in [0.2, 0.25) is 0 Å². The largest absolute Gasteiger partial charge is 0.385 e. The molecule has 100 valence electrons. The Kier molecular flexibility index (Phi) is 3.99. The smallest absolute Gasteiger partial charge is 0.0342 e. The van der Waals surface area contributed by atoms with Crippen LogP contribution in [-0.2, 0) is 0 Å². The molecule has 0 aromatic heterocycles. The van der Waals surface area contributed by atoms with Crippen LogP contribution in [0.2, 0.25) is 0 Å². The maximum atomic E-state index is 3.64. The zero-order chi connectivity index (χ0) is 13.2. The molecule has 2 atom stereocenters. The fraction of sp³-hybridized carbons (Fsp3) is 0.647. The summed E-state index contributed by atoms with van der Waals surface area (Å²) in [5.41, 5.74) is 3.08. The molecule has 0 spiro atoms. The van der Waals surface area contributed by atoms with E-state index in [0.29, 0.717) is 5.41 Å². The van der Waals surface area contributed by atoms with Gasteiger partial charge in [0.05, 0.1) is 0 Å². The molecule has 1 aromatic carbocycles. The molecular formula is C17H27N. The van der Waals surface area contributed by atoms with Crippen molar-refractivity contribution in [1.29, 1.82) is 0 Å². The highest BCUT2D eigenvalue weighted by Crippen LogP contribution is 2.43. The van der Waals surface area contributed by atoms with E-state index in [1.165, 1.54) is 30.5 Å². The summed E-state index contributed by atoms with van der Waals surface area (Å²) in [5, 5.41) is 3.64. The number of benzene rings is 1. The summed E-state index contributed by atoms with van der Waals surface area (Å²) in [6, 6.07) is 8.69. The minimum atomic E-state index is 0.481. The average molecular weight is 245 g/mol. The Bertz CT molecular complexity index is 394. The highest BCUT2D eigenvalue weighted by Gasteiger charge is 2.36. The fourth-order valence-electron chi connectivity index (χ4n) is 3.50. The molecule has 2 unspecified atom stereocenters. The predicted octanol–water partition coefficient (Wildman–Crippen LogP) is 4.87. The lowest BCUT2D eigenvalue weighted by Gasteiger charge is -2.43. The third-order valence-electron chi connectivity index (χ3n) is 4.72. The maximum Gasteiger partial charge on any atom is 0.0342 e. The summed E-state index contributed by atoms with van der Waals surface area (Å²) < 4.78 is 0. The molecular weight excluding hydrogens is 218 g/mol. The van der Waals surface area contributed by atoms with Crippen molar-refractivity contribution in [3.05, 3.63) is 29.8 Å². The van der Waals surface area contributed by atoms with E-state index in [0.717, 1.165) is 18.4 Å². The van der Waals surface area contributed by atoms with E-state index in [-0.39, 0.29) is 0 Å². The lowest BCUT2D eigenvalue weighted by Crippen LogP contribution is -2.38. The average Bonchev–Trinajstić information content (AvgIpc) is 2.27. The van der Waals surface area contributed by atoms with Crippen molar-refractivity contribution in [2.24, 2.45) is 17.3 Å². The SMILES string of the molecule is Cc1cccc(NCC2C(C)CCCC2(C)C)c1. The number of anilines is 1. The first-order chi connectivity index (χ1) is 8.49. The second kappa shape index (κ2) is 5.34. The van der Waals surface area contributed by atoms with Gasteiger partial charge in [-0.05, 0) is 48.3 Å². The lowest BCUT2D eigenvalue weighted by atomic mass is 9.64. The fourth-order valence-corrected chi connectivity index (χ4v) is 3.50. The summed E-state index contributed by atoms with van der Waals surface area (Å²) in [4.78, 5) is 0.